The van der Waals surface area contributed by atoms with Gasteiger partial charge in [0.15, 0.2) is 0 Å². The number of nitrogens with one attached hydrogen (secondary N) is 1. The molecule has 0 saturated heterocycles. The number of nitrogens with zero attached hydrogens (tertiary/aromatic N) is 1. The molecule has 2 N–H and O–H groups in total. The van der Waals surface area contributed by atoms with E-state index in [0.29, 0.717) is 18.2 Å². The van der Waals surface area contributed by atoms with Crippen molar-refractivity contribution < 1.29 is 5.11 Å². The fourth-order valence-corrected chi connectivity index (χ4v) is 2.55. The minimum Gasteiger partial charge on any atom is -0.507 e. The molecule has 2 rings (SSSR count). The number of hydrogen-bond acceptors (Lipinski definition) is 4. The highest BCUT2D eigenvalue weighted by molar-refractivity contribution is 7.09. The van der Waals surface area contributed by atoms with E-state index in [-0.39, 0.29) is 0 Å². The molecule has 1 aromatic heterocycles. The maximum Gasteiger partial charge on any atom is 0.122 e. The Kier molecular flexibility index (Phi) is 4.33. The van der Waals surface area contributed by atoms with Crippen molar-refractivity contribution in [1.82, 2.24) is 10.3 Å². The molecule has 1 heterocycles. The van der Waals surface area contributed by atoms with Crippen LogP contribution in [0.1, 0.15) is 29.0 Å². The van der Waals surface area contributed by atoms with Crippen LogP contribution in [0.5, 0.6) is 5.75 Å². The smallest absolute Gasteiger partial charge is 0.122 e. The topological polar surface area (TPSA) is 45.2 Å². The molecular weight excluding hydrogens is 244 g/mol. The van der Waals surface area contributed by atoms with Crippen molar-refractivity contribution >= 4 is 11.3 Å². The van der Waals surface area contributed by atoms with Crippen LogP contribution in [-0.2, 0) is 6.54 Å². The summed E-state index contributed by atoms with van der Waals surface area (Å²) in [6.07, 6.45) is 1.84. The standard InChI is InChI=1S/C14H18N2OS/c1-10-4-3-5-12(13(10)17)9-15-8-11(2)14-16-6-7-18-14/h3-7,11,15,17H,8-9H2,1-2H3. The van der Waals surface area contributed by atoms with Gasteiger partial charge in [-0.25, -0.2) is 4.98 Å². The van der Waals surface area contributed by atoms with Crippen LogP contribution in [-0.4, -0.2) is 16.6 Å². The first kappa shape index (κ1) is 13.1. The maximum atomic E-state index is 9.90. The van der Waals surface area contributed by atoms with Gasteiger partial charge in [-0.05, 0) is 12.5 Å². The van der Waals surface area contributed by atoms with E-state index < -0.39 is 0 Å². The van der Waals surface area contributed by atoms with Crippen molar-refractivity contribution in [2.45, 2.75) is 26.3 Å². The van der Waals surface area contributed by atoms with E-state index in [0.717, 1.165) is 22.7 Å². The number of aromatic hydroxyl groups is 1. The van der Waals surface area contributed by atoms with Crippen molar-refractivity contribution in [3.8, 4) is 5.75 Å². The molecule has 18 heavy (non-hydrogen) atoms. The summed E-state index contributed by atoms with van der Waals surface area (Å²) < 4.78 is 0. The van der Waals surface area contributed by atoms with Gasteiger partial charge in [0.1, 0.15) is 5.75 Å². The lowest BCUT2D eigenvalue weighted by Gasteiger charge is -2.11. The van der Waals surface area contributed by atoms with Crippen LogP contribution in [0, 0.1) is 6.92 Å². The zero-order valence-electron chi connectivity index (χ0n) is 10.7. The Hall–Kier alpha value is -1.39. The Morgan fingerprint density at radius 3 is 3.00 bits per heavy atom. The van der Waals surface area contributed by atoms with Gasteiger partial charge in [-0.3, -0.25) is 0 Å². The summed E-state index contributed by atoms with van der Waals surface area (Å²) in [6, 6.07) is 5.83. The van der Waals surface area contributed by atoms with Gasteiger partial charge >= 0.3 is 0 Å². The Bertz CT molecular complexity index is 497. The van der Waals surface area contributed by atoms with Gasteiger partial charge in [0, 0.05) is 36.1 Å². The zero-order chi connectivity index (χ0) is 13.0. The highest BCUT2D eigenvalue weighted by Gasteiger charge is 2.08. The summed E-state index contributed by atoms with van der Waals surface area (Å²) >= 11 is 1.68. The third-order valence-electron chi connectivity index (χ3n) is 2.96. The zero-order valence-corrected chi connectivity index (χ0v) is 11.5. The number of aryl methyl sites for hydroxylation is 1. The van der Waals surface area contributed by atoms with Crippen molar-refractivity contribution in [2.24, 2.45) is 0 Å². The maximum absolute atomic E-state index is 9.90. The molecule has 1 unspecified atom stereocenters. The third-order valence-corrected chi connectivity index (χ3v) is 3.97. The van der Waals surface area contributed by atoms with Crippen LogP contribution in [0.4, 0.5) is 0 Å². The van der Waals surface area contributed by atoms with Crippen molar-refractivity contribution in [1.29, 1.82) is 0 Å². The van der Waals surface area contributed by atoms with Crippen molar-refractivity contribution in [3.05, 3.63) is 45.9 Å². The number of phenolic OH excluding ortho intramolecular Hbond substituents is 1. The van der Waals surface area contributed by atoms with Crippen LogP contribution in [0.2, 0.25) is 0 Å². The summed E-state index contributed by atoms with van der Waals surface area (Å²) in [5.74, 6) is 0.795. The Labute approximate surface area is 112 Å². The lowest BCUT2D eigenvalue weighted by Crippen LogP contribution is -2.19. The minimum absolute atomic E-state index is 0.395. The van der Waals surface area contributed by atoms with Crippen LogP contribution < -0.4 is 5.32 Å². The third kappa shape index (κ3) is 3.09. The Balaban J connectivity index is 1.87. The van der Waals surface area contributed by atoms with E-state index in [1.165, 1.54) is 0 Å². The molecule has 0 aliphatic heterocycles. The van der Waals surface area contributed by atoms with Gasteiger partial charge < -0.3 is 10.4 Å². The molecule has 2 aromatic rings. The molecule has 0 spiro atoms. The first-order valence-corrected chi connectivity index (χ1v) is 6.94. The first-order valence-electron chi connectivity index (χ1n) is 6.06. The largest absolute Gasteiger partial charge is 0.507 e. The van der Waals surface area contributed by atoms with E-state index in [1.807, 2.05) is 36.7 Å². The van der Waals surface area contributed by atoms with Crippen molar-refractivity contribution in [3.63, 3.8) is 0 Å². The lowest BCUT2D eigenvalue weighted by atomic mass is 10.1. The number of rotatable bonds is 5. The molecule has 0 radical (unpaired) electrons. The Morgan fingerprint density at radius 1 is 1.44 bits per heavy atom. The number of phenols is 1. The molecule has 1 atom stereocenters. The number of hydrogen-bond donors (Lipinski definition) is 2. The molecular formula is C14H18N2OS. The fraction of sp³-hybridized carbons (Fsp3) is 0.357. The molecule has 4 heteroatoms. The number of benzene rings is 1. The van der Waals surface area contributed by atoms with Crippen LogP contribution in [0.3, 0.4) is 0 Å². The SMILES string of the molecule is Cc1cccc(CNCC(C)c2nccs2)c1O. The normalized spacial score (nSPS) is 12.6. The second-order valence-electron chi connectivity index (χ2n) is 4.48. The monoisotopic (exact) mass is 262 g/mol. The highest BCUT2D eigenvalue weighted by Crippen LogP contribution is 2.21. The molecule has 0 aliphatic rings. The number of para-hydroxylation sites is 1. The first-order chi connectivity index (χ1) is 8.68. The molecule has 0 bridgehead atoms. The molecule has 96 valence electrons. The van der Waals surface area contributed by atoms with E-state index >= 15 is 0 Å². The fourth-order valence-electron chi connectivity index (χ4n) is 1.85. The van der Waals surface area contributed by atoms with Gasteiger partial charge in [-0.1, -0.05) is 25.1 Å². The van der Waals surface area contributed by atoms with Crippen molar-refractivity contribution in [2.75, 3.05) is 6.54 Å². The molecule has 1 aromatic carbocycles. The summed E-state index contributed by atoms with van der Waals surface area (Å²) in [5.41, 5.74) is 1.86. The lowest BCUT2D eigenvalue weighted by molar-refractivity contribution is 0.459. The highest BCUT2D eigenvalue weighted by atomic mass is 32.1. The predicted molar refractivity (Wildman–Crippen MR) is 75.1 cm³/mol. The summed E-state index contributed by atoms with van der Waals surface area (Å²) in [7, 11) is 0. The van der Waals surface area contributed by atoms with Gasteiger partial charge in [-0.15, -0.1) is 11.3 Å². The molecule has 3 nitrogen and oxygen atoms in total. The van der Waals surface area contributed by atoms with E-state index in [4.69, 9.17) is 0 Å². The Morgan fingerprint density at radius 2 is 2.28 bits per heavy atom. The summed E-state index contributed by atoms with van der Waals surface area (Å²) in [5, 5.41) is 16.4. The summed E-state index contributed by atoms with van der Waals surface area (Å²) in [4.78, 5) is 4.30. The van der Waals surface area contributed by atoms with Crippen LogP contribution in [0.25, 0.3) is 0 Å². The molecule has 0 saturated carbocycles. The molecule has 0 fully saturated rings. The van der Waals surface area contributed by atoms with Gasteiger partial charge in [-0.2, -0.15) is 0 Å². The average Bonchev–Trinajstić information content (AvgIpc) is 2.88. The van der Waals surface area contributed by atoms with Gasteiger partial charge in [0.2, 0.25) is 0 Å². The molecule has 0 aliphatic carbocycles. The van der Waals surface area contributed by atoms with E-state index in [2.05, 4.69) is 17.2 Å². The summed E-state index contributed by atoms with van der Waals surface area (Å²) in [6.45, 7) is 5.61. The van der Waals surface area contributed by atoms with E-state index in [9.17, 15) is 5.11 Å². The number of aromatic nitrogens is 1. The van der Waals surface area contributed by atoms with Crippen LogP contribution in [0.15, 0.2) is 29.8 Å². The van der Waals surface area contributed by atoms with Gasteiger partial charge in [0.05, 0.1) is 5.01 Å². The predicted octanol–water partition coefficient (Wildman–Crippen LogP) is 3.05. The molecule has 0 amide bonds. The van der Waals surface area contributed by atoms with Gasteiger partial charge in [0.25, 0.3) is 0 Å². The minimum atomic E-state index is 0.395. The number of thiazole rings is 1. The van der Waals surface area contributed by atoms with E-state index in [1.54, 1.807) is 11.3 Å². The second kappa shape index (κ2) is 5.98. The second-order valence-corrected chi connectivity index (χ2v) is 5.41. The van der Waals surface area contributed by atoms with Crippen LogP contribution >= 0.6 is 11.3 Å². The average molecular weight is 262 g/mol. The quantitative estimate of drug-likeness (QED) is 0.870.